The first-order chi connectivity index (χ1) is 9.29. The SMILES string of the molecule is CCCOc1ccc(/C(C)=N\NC2=NCCN2)cc1. The first kappa shape index (κ1) is 13.4. The molecular formula is C14H20N4O. The molecule has 0 aliphatic carbocycles. The first-order valence-electron chi connectivity index (χ1n) is 6.61. The van der Waals surface area contributed by atoms with Gasteiger partial charge >= 0.3 is 0 Å². The van der Waals surface area contributed by atoms with Crippen molar-refractivity contribution in [3.63, 3.8) is 0 Å². The Hall–Kier alpha value is -2.04. The molecule has 2 N–H and O–H groups in total. The second-order valence-corrected chi connectivity index (χ2v) is 4.34. The second kappa shape index (κ2) is 6.78. The van der Waals surface area contributed by atoms with E-state index < -0.39 is 0 Å². The van der Waals surface area contributed by atoms with Gasteiger partial charge in [-0.3, -0.25) is 0 Å². The number of hydrogen-bond acceptors (Lipinski definition) is 5. The number of hydrazone groups is 1. The van der Waals surface area contributed by atoms with Crippen molar-refractivity contribution in [2.45, 2.75) is 20.3 Å². The molecule has 0 atom stereocenters. The van der Waals surface area contributed by atoms with E-state index in [2.05, 4.69) is 27.8 Å². The molecule has 1 heterocycles. The number of aliphatic imine (C=N–C) groups is 1. The fourth-order valence-electron chi connectivity index (χ4n) is 1.69. The van der Waals surface area contributed by atoms with Crippen molar-refractivity contribution < 1.29 is 4.74 Å². The Balaban J connectivity index is 1.94. The third-order valence-corrected chi connectivity index (χ3v) is 2.75. The van der Waals surface area contributed by atoms with E-state index in [0.29, 0.717) is 0 Å². The number of benzene rings is 1. The summed E-state index contributed by atoms with van der Waals surface area (Å²) in [5, 5.41) is 7.41. The minimum Gasteiger partial charge on any atom is -0.494 e. The van der Waals surface area contributed by atoms with Crippen LogP contribution in [0.1, 0.15) is 25.8 Å². The molecule has 5 heteroatoms. The van der Waals surface area contributed by atoms with Gasteiger partial charge in [0, 0.05) is 6.54 Å². The van der Waals surface area contributed by atoms with E-state index in [4.69, 9.17) is 4.74 Å². The molecule has 102 valence electrons. The Morgan fingerprint density at radius 3 is 2.84 bits per heavy atom. The number of hydrogen-bond donors (Lipinski definition) is 2. The zero-order chi connectivity index (χ0) is 13.5. The van der Waals surface area contributed by atoms with Crippen LogP contribution in [0.4, 0.5) is 0 Å². The van der Waals surface area contributed by atoms with E-state index in [1.165, 1.54) is 0 Å². The second-order valence-electron chi connectivity index (χ2n) is 4.34. The van der Waals surface area contributed by atoms with Gasteiger partial charge in [-0.2, -0.15) is 5.10 Å². The van der Waals surface area contributed by atoms with Crippen LogP contribution >= 0.6 is 0 Å². The third kappa shape index (κ3) is 3.98. The van der Waals surface area contributed by atoms with Gasteiger partial charge in [-0.1, -0.05) is 6.92 Å². The lowest BCUT2D eigenvalue weighted by atomic mass is 10.1. The van der Waals surface area contributed by atoms with E-state index in [1.54, 1.807) is 0 Å². The molecule has 0 bridgehead atoms. The maximum atomic E-state index is 5.55. The van der Waals surface area contributed by atoms with Crippen LogP contribution in [0, 0.1) is 0 Å². The van der Waals surface area contributed by atoms with Crippen molar-refractivity contribution in [3.05, 3.63) is 29.8 Å². The van der Waals surface area contributed by atoms with Crippen LogP contribution < -0.4 is 15.5 Å². The zero-order valence-electron chi connectivity index (χ0n) is 11.4. The largest absolute Gasteiger partial charge is 0.494 e. The van der Waals surface area contributed by atoms with Crippen molar-refractivity contribution in [2.75, 3.05) is 19.7 Å². The smallest absolute Gasteiger partial charge is 0.212 e. The van der Waals surface area contributed by atoms with Crippen LogP contribution in [-0.4, -0.2) is 31.4 Å². The lowest BCUT2D eigenvalue weighted by molar-refractivity contribution is 0.317. The number of rotatable bonds is 5. The Morgan fingerprint density at radius 1 is 1.42 bits per heavy atom. The molecule has 0 spiro atoms. The molecule has 1 aliphatic heterocycles. The number of nitrogens with one attached hydrogen (secondary N) is 2. The van der Waals surface area contributed by atoms with E-state index in [-0.39, 0.29) is 0 Å². The molecule has 2 rings (SSSR count). The van der Waals surface area contributed by atoms with Gasteiger partial charge in [0.1, 0.15) is 5.75 Å². The van der Waals surface area contributed by atoms with Crippen LogP contribution in [0.3, 0.4) is 0 Å². The molecule has 1 aromatic carbocycles. The van der Waals surface area contributed by atoms with Crippen molar-refractivity contribution in [2.24, 2.45) is 10.1 Å². The lowest BCUT2D eigenvalue weighted by Crippen LogP contribution is -2.30. The predicted molar refractivity (Wildman–Crippen MR) is 77.9 cm³/mol. The van der Waals surface area contributed by atoms with Gasteiger partial charge in [0.15, 0.2) is 0 Å². The Labute approximate surface area is 113 Å². The van der Waals surface area contributed by atoms with Crippen molar-refractivity contribution in [1.29, 1.82) is 0 Å². The molecule has 0 saturated carbocycles. The van der Waals surface area contributed by atoms with Crippen LogP contribution in [0.25, 0.3) is 0 Å². The fraction of sp³-hybridized carbons (Fsp3) is 0.429. The van der Waals surface area contributed by atoms with E-state index >= 15 is 0 Å². The van der Waals surface area contributed by atoms with Gasteiger partial charge in [0.05, 0.1) is 18.9 Å². The molecule has 1 aliphatic rings. The van der Waals surface area contributed by atoms with Gasteiger partial charge in [-0.15, -0.1) is 0 Å². The maximum absolute atomic E-state index is 5.55. The lowest BCUT2D eigenvalue weighted by Gasteiger charge is -2.06. The highest BCUT2D eigenvalue weighted by atomic mass is 16.5. The zero-order valence-corrected chi connectivity index (χ0v) is 11.4. The van der Waals surface area contributed by atoms with Crippen LogP contribution in [0.2, 0.25) is 0 Å². The third-order valence-electron chi connectivity index (χ3n) is 2.75. The molecule has 0 amide bonds. The average Bonchev–Trinajstić information content (AvgIpc) is 2.96. The molecule has 0 unspecified atom stereocenters. The van der Waals surface area contributed by atoms with Crippen LogP contribution in [0.5, 0.6) is 5.75 Å². The minimum atomic E-state index is 0.738. The summed E-state index contributed by atoms with van der Waals surface area (Å²) in [6.45, 7) is 6.49. The van der Waals surface area contributed by atoms with Crippen molar-refractivity contribution in [1.82, 2.24) is 10.7 Å². The standard InChI is InChI=1S/C14H20N4O/c1-3-10-19-13-6-4-12(5-7-13)11(2)17-18-14-15-8-9-16-14/h4-7H,3,8-10H2,1-2H3,(H2,15,16,18)/b17-11-. The topological polar surface area (TPSA) is 58.0 Å². The summed E-state index contributed by atoms with van der Waals surface area (Å²) in [6.07, 6.45) is 1.02. The van der Waals surface area contributed by atoms with Crippen LogP contribution in [0.15, 0.2) is 34.4 Å². The summed E-state index contributed by atoms with van der Waals surface area (Å²) in [6, 6.07) is 7.95. The Morgan fingerprint density at radius 2 is 2.21 bits per heavy atom. The number of ether oxygens (including phenoxy) is 1. The molecule has 0 radical (unpaired) electrons. The molecule has 0 fully saturated rings. The van der Waals surface area contributed by atoms with E-state index in [1.807, 2.05) is 31.2 Å². The van der Waals surface area contributed by atoms with Gasteiger partial charge in [0.25, 0.3) is 0 Å². The molecule has 5 nitrogen and oxygen atoms in total. The molecule has 1 aromatic rings. The van der Waals surface area contributed by atoms with Gasteiger partial charge in [-0.05, 0) is 43.2 Å². The normalized spacial score (nSPS) is 14.8. The number of nitrogens with zero attached hydrogens (tertiary/aromatic N) is 2. The van der Waals surface area contributed by atoms with Gasteiger partial charge < -0.3 is 10.1 Å². The summed E-state index contributed by atoms with van der Waals surface area (Å²) in [7, 11) is 0. The number of guanidine groups is 1. The minimum absolute atomic E-state index is 0.738. The first-order valence-corrected chi connectivity index (χ1v) is 6.61. The molecule has 0 saturated heterocycles. The summed E-state index contributed by atoms with van der Waals surface area (Å²) >= 11 is 0. The Kier molecular flexibility index (Phi) is 4.78. The van der Waals surface area contributed by atoms with Gasteiger partial charge in [-0.25, -0.2) is 10.4 Å². The fourth-order valence-corrected chi connectivity index (χ4v) is 1.69. The van der Waals surface area contributed by atoms with Crippen molar-refractivity contribution >= 4 is 11.7 Å². The van der Waals surface area contributed by atoms with Crippen molar-refractivity contribution in [3.8, 4) is 5.75 Å². The quantitative estimate of drug-likeness (QED) is 0.626. The molecule has 19 heavy (non-hydrogen) atoms. The van der Waals surface area contributed by atoms with E-state index in [9.17, 15) is 0 Å². The summed E-state index contributed by atoms with van der Waals surface area (Å²) in [4.78, 5) is 4.22. The van der Waals surface area contributed by atoms with E-state index in [0.717, 1.165) is 49.1 Å². The summed E-state index contributed by atoms with van der Waals surface area (Å²) in [5.74, 6) is 1.63. The van der Waals surface area contributed by atoms with Gasteiger partial charge in [0.2, 0.25) is 5.96 Å². The molecule has 0 aromatic heterocycles. The predicted octanol–water partition coefficient (Wildman–Crippen LogP) is 1.75. The summed E-state index contributed by atoms with van der Waals surface area (Å²) in [5.41, 5.74) is 4.90. The Bertz CT molecular complexity index is 465. The van der Waals surface area contributed by atoms with Crippen LogP contribution in [-0.2, 0) is 0 Å². The highest BCUT2D eigenvalue weighted by Crippen LogP contribution is 2.13. The average molecular weight is 260 g/mol. The monoisotopic (exact) mass is 260 g/mol. The highest BCUT2D eigenvalue weighted by Gasteiger charge is 2.03. The highest BCUT2D eigenvalue weighted by molar-refractivity contribution is 5.99. The maximum Gasteiger partial charge on any atom is 0.212 e. The molecular weight excluding hydrogens is 240 g/mol. The summed E-state index contributed by atoms with van der Waals surface area (Å²) < 4.78 is 5.55.